The molecule has 2 unspecified atom stereocenters. The van der Waals surface area contributed by atoms with Crippen molar-refractivity contribution in [2.45, 2.75) is 57.2 Å². The highest BCUT2D eigenvalue weighted by atomic mass is 32.2. The first kappa shape index (κ1) is 15.2. The third kappa shape index (κ3) is 4.15. The van der Waals surface area contributed by atoms with Gasteiger partial charge in [0.1, 0.15) is 5.60 Å². The van der Waals surface area contributed by atoms with Crippen LogP contribution in [0.5, 0.6) is 0 Å². The summed E-state index contributed by atoms with van der Waals surface area (Å²) in [4.78, 5) is 0. The van der Waals surface area contributed by atoms with E-state index >= 15 is 0 Å². The molecule has 0 aromatic rings. The second-order valence-corrected chi connectivity index (χ2v) is 7.82. The fraction of sp³-hybridized carbons (Fsp3) is 1.00. The smallest absolute Gasteiger partial charge is 0.211 e. The molecule has 2 fully saturated rings. The minimum atomic E-state index is -3.30. The van der Waals surface area contributed by atoms with Crippen molar-refractivity contribution < 1.29 is 18.3 Å². The van der Waals surface area contributed by atoms with Crippen LogP contribution in [0, 0.1) is 5.92 Å². The van der Waals surface area contributed by atoms with Gasteiger partial charge in [0.05, 0.1) is 11.9 Å². The molecule has 1 saturated carbocycles. The van der Waals surface area contributed by atoms with Crippen LogP contribution < -0.4 is 4.72 Å². The first-order valence-electron chi connectivity index (χ1n) is 7.23. The van der Waals surface area contributed by atoms with Crippen molar-refractivity contribution in [1.82, 2.24) is 4.72 Å². The van der Waals surface area contributed by atoms with Gasteiger partial charge >= 0.3 is 0 Å². The van der Waals surface area contributed by atoms with Crippen LogP contribution >= 0.6 is 0 Å². The number of hydrogen-bond donors (Lipinski definition) is 2. The number of hydrogen-bond acceptors (Lipinski definition) is 4. The molecule has 0 bridgehead atoms. The zero-order chi connectivity index (χ0) is 13.9. The topological polar surface area (TPSA) is 75.6 Å². The van der Waals surface area contributed by atoms with Gasteiger partial charge in [-0.25, -0.2) is 13.1 Å². The fourth-order valence-electron chi connectivity index (χ4n) is 2.96. The Morgan fingerprint density at radius 2 is 2.00 bits per heavy atom. The minimum Gasteiger partial charge on any atom is -0.386 e. The summed E-state index contributed by atoms with van der Waals surface area (Å²) in [5.41, 5.74) is -1.06. The van der Waals surface area contributed by atoms with Crippen molar-refractivity contribution in [2.24, 2.45) is 5.92 Å². The molecule has 2 N–H and O–H groups in total. The van der Waals surface area contributed by atoms with Gasteiger partial charge < -0.3 is 9.84 Å². The Labute approximate surface area is 115 Å². The summed E-state index contributed by atoms with van der Waals surface area (Å²) in [6.07, 6.45) is 5.67. The lowest BCUT2D eigenvalue weighted by molar-refractivity contribution is -0.0228. The molecule has 2 rings (SSSR count). The molecule has 1 aliphatic carbocycles. The predicted molar refractivity (Wildman–Crippen MR) is 73.3 cm³/mol. The molecular formula is C13H25NO4S. The van der Waals surface area contributed by atoms with E-state index in [1.807, 2.05) is 0 Å². The van der Waals surface area contributed by atoms with E-state index in [-0.39, 0.29) is 24.3 Å². The van der Waals surface area contributed by atoms with Crippen LogP contribution in [-0.2, 0) is 14.8 Å². The van der Waals surface area contributed by atoms with Crippen LogP contribution in [0.25, 0.3) is 0 Å². The molecule has 5 nitrogen and oxygen atoms in total. The molecule has 6 heteroatoms. The van der Waals surface area contributed by atoms with E-state index in [1.165, 1.54) is 6.42 Å². The average molecular weight is 291 g/mol. The highest BCUT2D eigenvalue weighted by Gasteiger charge is 2.40. The van der Waals surface area contributed by atoms with Crippen LogP contribution in [0.2, 0.25) is 0 Å². The van der Waals surface area contributed by atoms with E-state index in [0.29, 0.717) is 13.0 Å². The van der Waals surface area contributed by atoms with Crippen molar-refractivity contribution >= 4 is 10.0 Å². The zero-order valence-electron chi connectivity index (χ0n) is 11.6. The Kier molecular flexibility index (Phi) is 4.87. The molecule has 19 heavy (non-hydrogen) atoms. The second kappa shape index (κ2) is 6.08. The quantitative estimate of drug-likeness (QED) is 0.793. The van der Waals surface area contributed by atoms with Crippen molar-refractivity contribution in [2.75, 3.05) is 18.9 Å². The van der Waals surface area contributed by atoms with Gasteiger partial charge in [-0.1, -0.05) is 19.3 Å². The van der Waals surface area contributed by atoms with Crippen LogP contribution in [0.1, 0.15) is 45.4 Å². The lowest BCUT2D eigenvalue weighted by atomic mass is 9.91. The monoisotopic (exact) mass is 291 g/mol. The molecule has 0 aromatic heterocycles. The highest BCUT2D eigenvalue weighted by molar-refractivity contribution is 7.89. The van der Waals surface area contributed by atoms with E-state index in [1.54, 1.807) is 6.92 Å². The van der Waals surface area contributed by atoms with E-state index in [9.17, 15) is 13.5 Å². The predicted octanol–water partition coefficient (Wildman–Crippen LogP) is 1.03. The van der Waals surface area contributed by atoms with Crippen molar-refractivity contribution in [3.63, 3.8) is 0 Å². The van der Waals surface area contributed by atoms with Crippen LogP contribution in [0.4, 0.5) is 0 Å². The standard InChI is InChI=1S/C13H25NO4S/c1-11-13(15,7-8-18-11)10-14-19(16,17)9-12-5-3-2-4-6-12/h11-12,14-15H,2-10H2,1H3. The average Bonchev–Trinajstić information content (AvgIpc) is 2.69. The third-order valence-corrected chi connectivity index (χ3v) is 5.93. The normalized spacial score (nSPS) is 33.7. The molecule has 0 spiro atoms. The van der Waals surface area contributed by atoms with Gasteiger partial charge in [0.15, 0.2) is 0 Å². The van der Waals surface area contributed by atoms with E-state index < -0.39 is 15.6 Å². The number of nitrogens with one attached hydrogen (secondary N) is 1. The van der Waals surface area contributed by atoms with Gasteiger partial charge in [-0.15, -0.1) is 0 Å². The summed E-state index contributed by atoms with van der Waals surface area (Å²) in [6.45, 7) is 2.33. The Balaban J connectivity index is 1.83. The number of rotatable bonds is 5. The summed E-state index contributed by atoms with van der Waals surface area (Å²) in [6, 6.07) is 0. The van der Waals surface area contributed by atoms with Gasteiger partial charge in [0.2, 0.25) is 10.0 Å². The molecule has 1 heterocycles. The molecule has 1 aliphatic heterocycles. The van der Waals surface area contributed by atoms with Gasteiger partial charge in [-0.3, -0.25) is 0 Å². The summed E-state index contributed by atoms with van der Waals surface area (Å²) in [5.74, 6) is 0.469. The largest absolute Gasteiger partial charge is 0.386 e. The lowest BCUT2D eigenvalue weighted by Gasteiger charge is -2.27. The molecule has 0 radical (unpaired) electrons. The van der Waals surface area contributed by atoms with Crippen LogP contribution in [0.15, 0.2) is 0 Å². The van der Waals surface area contributed by atoms with Gasteiger partial charge in [0.25, 0.3) is 0 Å². The SMILES string of the molecule is CC1OCCC1(O)CNS(=O)(=O)CC1CCCCC1. The van der Waals surface area contributed by atoms with Crippen molar-refractivity contribution in [3.8, 4) is 0 Å². The lowest BCUT2D eigenvalue weighted by Crippen LogP contribution is -2.48. The van der Waals surface area contributed by atoms with Crippen molar-refractivity contribution in [3.05, 3.63) is 0 Å². The second-order valence-electron chi connectivity index (χ2n) is 5.97. The summed E-state index contributed by atoms with van der Waals surface area (Å²) < 4.78 is 31.9. The van der Waals surface area contributed by atoms with E-state index in [4.69, 9.17) is 4.74 Å². The summed E-state index contributed by atoms with van der Waals surface area (Å²) in [7, 11) is -3.30. The molecule has 0 aromatic carbocycles. The molecule has 112 valence electrons. The first-order chi connectivity index (χ1) is 8.91. The minimum absolute atomic E-state index is 0.0587. The van der Waals surface area contributed by atoms with E-state index in [0.717, 1.165) is 25.7 Å². The Hall–Kier alpha value is -0.170. The Bertz CT molecular complexity index is 391. The van der Waals surface area contributed by atoms with E-state index in [2.05, 4.69) is 4.72 Å². The van der Waals surface area contributed by atoms with Crippen LogP contribution in [0.3, 0.4) is 0 Å². The Morgan fingerprint density at radius 3 is 2.58 bits per heavy atom. The molecule has 2 atom stereocenters. The maximum Gasteiger partial charge on any atom is 0.211 e. The van der Waals surface area contributed by atoms with Gasteiger partial charge in [-0.2, -0.15) is 0 Å². The van der Waals surface area contributed by atoms with Crippen molar-refractivity contribution in [1.29, 1.82) is 0 Å². The van der Waals surface area contributed by atoms with Gasteiger partial charge in [0, 0.05) is 19.6 Å². The molecule has 1 saturated heterocycles. The van der Waals surface area contributed by atoms with Gasteiger partial charge in [-0.05, 0) is 25.7 Å². The molecule has 2 aliphatic rings. The summed E-state index contributed by atoms with van der Waals surface area (Å²) in [5, 5.41) is 10.3. The summed E-state index contributed by atoms with van der Waals surface area (Å²) >= 11 is 0. The number of sulfonamides is 1. The van der Waals surface area contributed by atoms with Crippen LogP contribution in [-0.4, -0.2) is 44.1 Å². The molecular weight excluding hydrogens is 266 g/mol. The zero-order valence-corrected chi connectivity index (χ0v) is 12.4. The number of ether oxygens (including phenoxy) is 1. The maximum atomic E-state index is 12.0. The maximum absolute atomic E-state index is 12.0. The third-order valence-electron chi connectivity index (χ3n) is 4.44. The Morgan fingerprint density at radius 1 is 1.32 bits per heavy atom. The fourth-order valence-corrected chi connectivity index (χ4v) is 4.50. The first-order valence-corrected chi connectivity index (χ1v) is 8.88. The highest BCUT2D eigenvalue weighted by Crippen LogP contribution is 2.26. The molecule has 0 amide bonds. The number of aliphatic hydroxyl groups is 1.